The fourth-order valence-electron chi connectivity index (χ4n) is 2.01. The normalized spacial score (nSPS) is 15.3. The van der Waals surface area contributed by atoms with Crippen LogP contribution in [0.25, 0.3) is 0 Å². The maximum atomic E-state index is 11.9. The van der Waals surface area contributed by atoms with Crippen molar-refractivity contribution >= 4 is 57.5 Å². The molecule has 1 aliphatic rings. The van der Waals surface area contributed by atoms with Crippen LogP contribution in [0.2, 0.25) is 0 Å². The third-order valence-electron chi connectivity index (χ3n) is 3.05. The maximum Gasteiger partial charge on any atom is 0.261 e. The van der Waals surface area contributed by atoms with Crippen LogP contribution in [-0.4, -0.2) is 38.9 Å². The van der Waals surface area contributed by atoms with Crippen molar-refractivity contribution in [1.29, 1.82) is 0 Å². The first-order valence-electron chi connectivity index (χ1n) is 6.13. The van der Waals surface area contributed by atoms with Crippen molar-refractivity contribution in [3.63, 3.8) is 0 Å². The largest absolute Gasteiger partial charge is 0.481 e. The molecule has 1 heterocycles. The summed E-state index contributed by atoms with van der Waals surface area (Å²) in [5.74, 6) is 0.284. The van der Waals surface area contributed by atoms with Gasteiger partial charge in [-0.05, 0) is 56.8 Å². The van der Waals surface area contributed by atoms with Crippen LogP contribution in [0.15, 0.2) is 26.0 Å². The van der Waals surface area contributed by atoms with Gasteiger partial charge in [-0.1, -0.05) is 0 Å². The molecule has 1 saturated heterocycles. The maximum absolute atomic E-state index is 11.9. The molecule has 2 rings (SSSR count). The number of benzene rings is 1. The van der Waals surface area contributed by atoms with E-state index in [1.165, 1.54) is 12.1 Å². The Labute approximate surface area is 144 Å². The molecule has 1 aromatic rings. The Hall–Kier alpha value is -0.310. The molecule has 0 aliphatic carbocycles. The number of likely N-dealkylation sites (tertiary alicyclic amines) is 1. The quantitative estimate of drug-likeness (QED) is 0.647. The van der Waals surface area contributed by atoms with E-state index in [1.54, 1.807) is 4.90 Å². The number of amides is 1. The van der Waals surface area contributed by atoms with Crippen molar-refractivity contribution in [2.45, 2.75) is 17.7 Å². The summed E-state index contributed by atoms with van der Waals surface area (Å²) >= 11 is 6.44. The van der Waals surface area contributed by atoms with Crippen LogP contribution in [-0.2, 0) is 13.8 Å². The summed E-state index contributed by atoms with van der Waals surface area (Å²) < 4.78 is 28.9. The zero-order chi connectivity index (χ0) is 15.6. The fraction of sp³-hybridized carbons (Fsp3) is 0.417. The van der Waals surface area contributed by atoms with Crippen LogP contribution >= 0.6 is 42.5 Å². The first-order valence-corrected chi connectivity index (χ1v) is 10.0. The summed E-state index contributed by atoms with van der Waals surface area (Å²) in [7, 11) is 1.47. The highest BCUT2D eigenvalue weighted by Crippen LogP contribution is 2.36. The first kappa shape index (κ1) is 17.1. The summed E-state index contributed by atoms with van der Waals surface area (Å²) in [6.07, 6.45) is 2.03. The van der Waals surface area contributed by atoms with Gasteiger partial charge in [-0.25, -0.2) is 8.42 Å². The number of hydrogen-bond donors (Lipinski definition) is 0. The topological polar surface area (TPSA) is 63.7 Å². The average molecular weight is 462 g/mol. The van der Waals surface area contributed by atoms with Gasteiger partial charge < -0.3 is 9.64 Å². The van der Waals surface area contributed by atoms with Gasteiger partial charge in [-0.3, -0.25) is 4.79 Å². The summed E-state index contributed by atoms with van der Waals surface area (Å²) in [4.78, 5) is 13.6. The van der Waals surface area contributed by atoms with Crippen LogP contribution in [0.3, 0.4) is 0 Å². The zero-order valence-electron chi connectivity index (χ0n) is 10.8. The Balaban J connectivity index is 2.12. The van der Waals surface area contributed by atoms with E-state index in [1.807, 2.05) is 0 Å². The molecule has 1 aliphatic heterocycles. The second-order valence-corrected chi connectivity index (χ2v) is 8.81. The van der Waals surface area contributed by atoms with Crippen LogP contribution in [0.4, 0.5) is 0 Å². The molecule has 1 fully saturated rings. The van der Waals surface area contributed by atoms with E-state index >= 15 is 0 Å². The number of nitrogens with zero attached hydrogens (tertiary/aromatic N) is 1. The Morgan fingerprint density at radius 1 is 1.24 bits per heavy atom. The second-order valence-electron chi connectivity index (χ2n) is 4.53. The summed E-state index contributed by atoms with van der Waals surface area (Å²) in [5.41, 5.74) is 0. The number of hydrogen-bond acceptors (Lipinski definition) is 4. The smallest absolute Gasteiger partial charge is 0.261 e. The van der Waals surface area contributed by atoms with Crippen LogP contribution < -0.4 is 4.74 Å². The minimum Gasteiger partial charge on any atom is -0.481 e. The number of rotatable bonds is 4. The van der Waals surface area contributed by atoms with Crippen molar-refractivity contribution in [3.05, 3.63) is 21.1 Å². The summed E-state index contributed by atoms with van der Waals surface area (Å²) in [6.45, 7) is 1.42. The molecule has 1 aromatic carbocycles. The molecule has 0 aromatic heterocycles. The van der Waals surface area contributed by atoms with Gasteiger partial charge in [0, 0.05) is 23.8 Å². The van der Waals surface area contributed by atoms with E-state index in [-0.39, 0.29) is 17.4 Å². The molecule has 1 amide bonds. The first-order chi connectivity index (χ1) is 9.79. The van der Waals surface area contributed by atoms with Gasteiger partial charge >= 0.3 is 0 Å². The molecular formula is C12H12Br2ClNO4S. The Morgan fingerprint density at radius 3 is 2.24 bits per heavy atom. The minimum atomic E-state index is -3.83. The fourth-order valence-corrected chi connectivity index (χ4v) is 4.51. The standard InChI is InChI=1S/C12H12Br2ClNO4S/c13-9-5-8(21(15,18)19)6-10(14)12(9)20-7-11(17)16-3-1-2-4-16/h5-6H,1-4,7H2. The van der Waals surface area contributed by atoms with Gasteiger partial charge in [-0.15, -0.1) is 0 Å². The lowest BCUT2D eigenvalue weighted by Gasteiger charge is -2.16. The van der Waals surface area contributed by atoms with E-state index in [9.17, 15) is 13.2 Å². The zero-order valence-corrected chi connectivity index (χ0v) is 15.6. The number of carbonyl (C=O) groups excluding carboxylic acids is 1. The van der Waals surface area contributed by atoms with Crippen molar-refractivity contribution in [1.82, 2.24) is 4.90 Å². The molecule has 0 spiro atoms. The molecule has 5 nitrogen and oxygen atoms in total. The Bertz CT molecular complexity index is 636. The van der Waals surface area contributed by atoms with Crippen LogP contribution in [0.1, 0.15) is 12.8 Å². The molecule has 116 valence electrons. The molecule has 0 radical (unpaired) electrons. The van der Waals surface area contributed by atoms with Crippen molar-refractivity contribution in [2.75, 3.05) is 19.7 Å². The molecule has 0 unspecified atom stereocenters. The second kappa shape index (κ2) is 6.85. The van der Waals surface area contributed by atoms with Crippen molar-refractivity contribution in [2.24, 2.45) is 0 Å². The molecule has 9 heteroatoms. The van der Waals surface area contributed by atoms with Crippen molar-refractivity contribution < 1.29 is 17.9 Å². The van der Waals surface area contributed by atoms with Crippen molar-refractivity contribution in [3.8, 4) is 5.75 Å². The highest BCUT2D eigenvalue weighted by molar-refractivity contribution is 9.11. The monoisotopic (exact) mass is 459 g/mol. The molecule has 0 saturated carbocycles. The van der Waals surface area contributed by atoms with E-state index in [4.69, 9.17) is 15.4 Å². The lowest BCUT2D eigenvalue weighted by atomic mass is 10.3. The van der Waals surface area contributed by atoms with Gasteiger partial charge in [0.2, 0.25) is 0 Å². The molecule has 0 N–H and O–H groups in total. The highest BCUT2D eigenvalue weighted by Gasteiger charge is 2.20. The number of ether oxygens (including phenoxy) is 1. The minimum absolute atomic E-state index is 0.0545. The summed E-state index contributed by atoms with van der Waals surface area (Å²) in [6, 6.07) is 2.67. The Morgan fingerprint density at radius 2 is 1.76 bits per heavy atom. The van der Waals surface area contributed by atoms with Crippen LogP contribution in [0, 0.1) is 0 Å². The van der Waals surface area contributed by atoms with Gasteiger partial charge in [0.05, 0.1) is 13.8 Å². The Kier molecular flexibility index (Phi) is 5.56. The van der Waals surface area contributed by atoms with Gasteiger partial charge in [0.15, 0.2) is 6.61 Å². The van der Waals surface area contributed by atoms with E-state index in [2.05, 4.69) is 31.9 Å². The molecule has 21 heavy (non-hydrogen) atoms. The van der Waals surface area contributed by atoms with Gasteiger partial charge in [0.25, 0.3) is 15.0 Å². The van der Waals surface area contributed by atoms with E-state index < -0.39 is 9.05 Å². The lowest BCUT2D eigenvalue weighted by Crippen LogP contribution is -2.32. The van der Waals surface area contributed by atoms with Crippen LogP contribution in [0.5, 0.6) is 5.75 Å². The summed E-state index contributed by atoms with van der Waals surface area (Å²) in [5, 5.41) is 0. The predicted octanol–water partition coefficient (Wildman–Crippen LogP) is 3.14. The van der Waals surface area contributed by atoms with Gasteiger partial charge in [0.1, 0.15) is 5.75 Å². The average Bonchev–Trinajstić information content (AvgIpc) is 2.90. The SMILES string of the molecule is O=C(COc1c(Br)cc(S(=O)(=O)Cl)cc1Br)N1CCCC1. The number of halogens is 3. The number of carbonyl (C=O) groups is 1. The van der Waals surface area contributed by atoms with E-state index in [0.717, 1.165) is 25.9 Å². The lowest BCUT2D eigenvalue weighted by molar-refractivity contribution is -0.132. The van der Waals surface area contributed by atoms with E-state index in [0.29, 0.717) is 14.7 Å². The predicted molar refractivity (Wildman–Crippen MR) is 86.2 cm³/mol. The third-order valence-corrected chi connectivity index (χ3v) is 5.56. The molecule has 0 atom stereocenters. The molecule has 0 bridgehead atoms. The molecular weight excluding hydrogens is 449 g/mol. The highest BCUT2D eigenvalue weighted by atomic mass is 79.9. The van der Waals surface area contributed by atoms with Gasteiger partial charge in [-0.2, -0.15) is 0 Å². The third kappa shape index (κ3) is 4.34.